The van der Waals surface area contributed by atoms with Crippen molar-refractivity contribution in [3.63, 3.8) is 0 Å². The molecule has 1 amide bonds. The molecule has 1 saturated heterocycles. The zero-order valence-corrected chi connectivity index (χ0v) is 18.5. The molecule has 2 aromatic carbocycles. The highest BCUT2D eigenvalue weighted by Crippen LogP contribution is 2.34. The average Bonchev–Trinajstić information content (AvgIpc) is 2.95. The molecule has 0 unspecified atom stereocenters. The molecule has 162 valence electrons. The summed E-state index contributed by atoms with van der Waals surface area (Å²) in [5, 5.41) is 0.199. The second-order valence-electron chi connectivity index (χ2n) is 6.24. The van der Waals surface area contributed by atoms with Gasteiger partial charge in [0.15, 0.2) is 0 Å². The summed E-state index contributed by atoms with van der Waals surface area (Å²) in [5.41, 5.74) is 0.0904. The molecule has 0 radical (unpaired) electrons. The zero-order valence-electron chi connectivity index (χ0n) is 16.1. The smallest absolute Gasteiger partial charge is 0.265 e. The SMILES string of the molecule is CCOc1ccc(N2C(=O)CCS2(=O)=O)cc1S(=O)(=O)Nc1ccc(OC)c(Cl)c1. The molecule has 0 atom stereocenters. The maximum absolute atomic E-state index is 13.1. The molecule has 0 aromatic heterocycles. The second-order valence-corrected chi connectivity index (χ2v) is 10.2. The summed E-state index contributed by atoms with van der Waals surface area (Å²) in [5.74, 6) is -0.576. The number of carbonyl (C=O) groups excluding carboxylic acids is 1. The van der Waals surface area contributed by atoms with Gasteiger partial charge in [-0.25, -0.2) is 21.1 Å². The highest BCUT2D eigenvalue weighted by molar-refractivity contribution is 7.94. The van der Waals surface area contributed by atoms with Crippen LogP contribution in [0.4, 0.5) is 11.4 Å². The van der Waals surface area contributed by atoms with Crippen molar-refractivity contribution in [1.29, 1.82) is 0 Å². The number of anilines is 2. The molecule has 1 fully saturated rings. The van der Waals surface area contributed by atoms with Crippen molar-refractivity contribution in [3.05, 3.63) is 41.4 Å². The lowest BCUT2D eigenvalue weighted by molar-refractivity contribution is -0.116. The van der Waals surface area contributed by atoms with Crippen molar-refractivity contribution in [2.24, 2.45) is 0 Å². The van der Waals surface area contributed by atoms with Crippen LogP contribution < -0.4 is 18.5 Å². The largest absolute Gasteiger partial charge is 0.495 e. The number of carbonyl (C=O) groups is 1. The molecule has 12 heteroatoms. The van der Waals surface area contributed by atoms with Gasteiger partial charge < -0.3 is 9.47 Å². The molecular formula is C18H19ClN2O7S2. The number of benzene rings is 2. The maximum Gasteiger partial charge on any atom is 0.265 e. The molecule has 3 rings (SSSR count). The fourth-order valence-electron chi connectivity index (χ4n) is 2.92. The molecule has 0 aliphatic carbocycles. The van der Waals surface area contributed by atoms with Gasteiger partial charge in [-0.05, 0) is 43.3 Å². The van der Waals surface area contributed by atoms with Crippen molar-refractivity contribution in [1.82, 2.24) is 0 Å². The van der Waals surface area contributed by atoms with Crippen LogP contribution >= 0.6 is 11.6 Å². The Hall–Kier alpha value is -2.50. The molecule has 1 N–H and O–H groups in total. The first kappa shape index (κ1) is 22.2. The highest BCUT2D eigenvalue weighted by Gasteiger charge is 2.37. The summed E-state index contributed by atoms with van der Waals surface area (Å²) < 4.78 is 64.0. The molecule has 9 nitrogen and oxygen atoms in total. The quantitative estimate of drug-likeness (QED) is 0.655. The van der Waals surface area contributed by atoms with Gasteiger partial charge in [0.05, 0.1) is 35.9 Å². The Morgan fingerprint density at radius 3 is 2.43 bits per heavy atom. The lowest BCUT2D eigenvalue weighted by atomic mass is 10.3. The summed E-state index contributed by atoms with van der Waals surface area (Å²) in [6.45, 7) is 1.85. The van der Waals surface area contributed by atoms with E-state index in [9.17, 15) is 21.6 Å². The number of halogens is 1. The topological polar surface area (TPSA) is 119 Å². The van der Waals surface area contributed by atoms with Crippen LogP contribution in [0.2, 0.25) is 5.02 Å². The third-order valence-electron chi connectivity index (χ3n) is 4.23. The minimum atomic E-state index is -4.22. The van der Waals surface area contributed by atoms with Crippen molar-refractivity contribution in [3.8, 4) is 11.5 Å². The molecule has 0 spiro atoms. The van der Waals surface area contributed by atoms with Crippen molar-refractivity contribution in [2.75, 3.05) is 28.5 Å². The van der Waals surface area contributed by atoms with E-state index < -0.39 is 26.0 Å². The summed E-state index contributed by atoms with van der Waals surface area (Å²) in [6.07, 6.45) is -0.166. The maximum atomic E-state index is 13.1. The lowest BCUT2D eigenvalue weighted by Gasteiger charge is -2.18. The number of ether oxygens (including phenoxy) is 2. The first-order chi connectivity index (χ1) is 14.1. The van der Waals surface area contributed by atoms with Gasteiger partial charge in [0.25, 0.3) is 10.0 Å². The van der Waals surface area contributed by atoms with E-state index in [-0.39, 0.29) is 45.8 Å². The molecule has 1 heterocycles. The molecule has 1 aliphatic heterocycles. The van der Waals surface area contributed by atoms with Crippen LogP contribution in [0.3, 0.4) is 0 Å². The number of nitrogens with one attached hydrogen (secondary N) is 1. The third kappa shape index (κ3) is 4.32. The Bertz CT molecular complexity index is 1200. The van der Waals surface area contributed by atoms with E-state index in [0.29, 0.717) is 10.1 Å². The number of amides is 1. The van der Waals surface area contributed by atoms with Gasteiger partial charge >= 0.3 is 0 Å². The van der Waals surface area contributed by atoms with E-state index in [1.54, 1.807) is 6.92 Å². The van der Waals surface area contributed by atoms with Crippen LogP contribution in [0.15, 0.2) is 41.3 Å². The standard InChI is InChI=1S/C18H19ClN2O7S2/c1-3-28-16-7-5-13(21-18(22)8-9-29(21,23)24)11-17(16)30(25,26)20-12-4-6-15(27-2)14(19)10-12/h4-7,10-11,20H,3,8-9H2,1-2H3. The van der Waals surface area contributed by atoms with E-state index in [4.69, 9.17) is 21.1 Å². The molecular weight excluding hydrogens is 456 g/mol. The van der Waals surface area contributed by atoms with Crippen LogP contribution in [0.25, 0.3) is 0 Å². The molecule has 1 aliphatic rings. The van der Waals surface area contributed by atoms with Gasteiger partial charge in [-0.15, -0.1) is 0 Å². The summed E-state index contributed by atoms with van der Waals surface area (Å²) in [4.78, 5) is 11.8. The van der Waals surface area contributed by atoms with Gasteiger partial charge in [0.1, 0.15) is 16.4 Å². The van der Waals surface area contributed by atoms with Crippen molar-refractivity contribution < 1.29 is 31.1 Å². The molecule has 30 heavy (non-hydrogen) atoms. The predicted molar refractivity (Wildman–Crippen MR) is 112 cm³/mol. The minimum Gasteiger partial charge on any atom is -0.495 e. The first-order valence-corrected chi connectivity index (χ1v) is 12.2. The van der Waals surface area contributed by atoms with Gasteiger partial charge in [0.2, 0.25) is 15.9 Å². The van der Waals surface area contributed by atoms with E-state index in [1.807, 2.05) is 0 Å². The second kappa shape index (κ2) is 8.32. The van der Waals surface area contributed by atoms with Gasteiger partial charge in [-0.3, -0.25) is 9.52 Å². The predicted octanol–water partition coefficient (Wildman–Crippen LogP) is 2.61. The van der Waals surface area contributed by atoms with Crippen LogP contribution in [0, 0.1) is 0 Å². The Morgan fingerprint density at radius 1 is 1.17 bits per heavy atom. The Labute approximate surface area is 179 Å². The van der Waals surface area contributed by atoms with Gasteiger partial charge in [-0.1, -0.05) is 11.6 Å². The van der Waals surface area contributed by atoms with Crippen molar-refractivity contribution >= 4 is 48.9 Å². The van der Waals surface area contributed by atoms with Gasteiger partial charge in [0, 0.05) is 6.42 Å². The third-order valence-corrected chi connectivity index (χ3v) is 7.62. The fraction of sp³-hybridized carbons (Fsp3) is 0.278. The Balaban J connectivity index is 2.05. The highest BCUT2D eigenvalue weighted by atomic mass is 35.5. The summed E-state index contributed by atoms with van der Waals surface area (Å²) >= 11 is 6.05. The number of nitrogens with zero attached hydrogens (tertiary/aromatic N) is 1. The zero-order chi connectivity index (χ0) is 22.1. The number of methoxy groups -OCH3 is 1. The first-order valence-electron chi connectivity index (χ1n) is 8.78. The van der Waals surface area contributed by atoms with Crippen LogP contribution in [-0.2, 0) is 24.8 Å². The normalized spacial score (nSPS) is 15.8. The number of hydrogen-bond acceptors (Lipinski definition) is 7. The van der Waals surface area contributed by atoms with E-state index >= 15 is 0 Å². The average molecular weight is 475 g/mol. The Morgan fingerprint density at radius 2 is 1.87 bits per heavy atom. The molecule has 2 aromatic rings. The number of sulfonamides is 2. The van der Waals surface area contributed by atoms with Crippen LogP contribution in [-0.4, -0.2) is 42.2 Å². The Kier molecular flexibility index (Phi) is 6.16. The van der Waals surface area contributed by atoms with E-state index in [0.717, 1.165) is 6.07 Å². The molecule has 0 saturated carbocycles. The number of rotatable bonds is 7. The molecule has 0 bridgehead atoms. The monoisotopic (exact) mass is 474 g/mol. The van der Waals surface area contributed by atoms with E-state index in [2.05, 4.69) is 4.72 Å². The number of hydrogen-bond donors (Lipinski definition) is 1. The van der Waals surface area contributed by atoms with E-state index in [1.165, 1.54) is 37.4 Å². The summed E-state index contributed by atoms with van der Waals surface area (Å²) in [6, 6.07) is 8.07. The lowest BCUT2D eigenvalue weighted by Crippen LogP contribution is -2.29. The van der Waals surface area contributed by atoms with Crippen LogP contribution in [0.1, 0.15) is 13.3 Å². The van der Waals surface area contributed by atoms with Crippen molar-refractivity contribution in [2.45, 2.75) is 18.2 Å². The van der Waals surface area contributed by atoms with Gasteiger partial charge in [-0.2, -0.15) is 0 Å². The fourth-order valence-corrected chi connectivity index (χ4v) is 5.84. The minimum absolute atomic E-state index is 0.0115. The van der Waals surface area contributed by atoms with Crippen LogP contribution in [0.5, 0.6) is 11.5 Å². The summed E-state index contributed by atoms with van der Waals surface area (Å²) in [7, 11) is -6.64.